The van der Waals surface area contributed by atoms with Crippen molar-refractivity contribution in [3.8, 4) is 17.6 Å². The molecule has 310 valence electrons. The van der Waals surface area contributed by atoms with Crippen LogP contribution in [0, 0.1) is 17.8 Å². The second-order valence-electron chi connectivity index (χ2n) is 13.0. The SMILES string of the molecule is CC#CCOc1ccc(C[C@H](NC(=O)[C@@H](/C=C/CCCCCCC(=O)CCCCCCC)[C@@](O)(CC(=O)OCC(=O)OC)C(=O)O)C(=O)OCC(=O)OC)cc1. The van der Waals surface area contributed by atoms with Crippen LogP contribution in [0.15, 0.2) is 36.4 Å². The highest BCUT2D eigenvalue weighted by atomic mass is 16.6. The summed E-state index contributed by atoms with van der Waals surface area (Å²) in [6.07, 6.45) is 10.8. The largest absolute Gasteiger partial charge is 0.481 e. The molecular weight excluding hydrogens is 730 g/mol. The number of ketones is 1. The van der Waals surface area contributed by atoms with Crippen LogP contribution in [0.3, 0.4) is 0 Å². The predicted molar refractivity (Wildman–Crippen MR) is 203 cm³/mol. The predicted octanol–water partition coefficient (Wildman–Crippen LogP) is 4.20. The molecule has 0 spiro atoms. The lowest BCUT2D eigenvalue weighted by molar-refractivity contribution is -0.175. The van der Waals surface area contributed by atoms with Crippen LogP contribution in [0.1, 0.15) is 103 Å². The van der Waals surface area contributed by atoms with E-state index in [0.717, 1.165) is 65.2 Å². The summed E-state index contributed by atoms with van der Waals surface area (Å²) in [6, 6.07) is 4.91. The van der Waals surface area contributed by atoms with Gasteiger partial charge in [-0.3, -0.25) is 14.4 Å². The lowest BCUT2D eigenvalue weighted by atomic mass is 9.82. The average Bonchev–Trinajstić information content (AvgIpc) is 3.18. The fourth-order valence-electron chi connectivity index (χ4n) is 5.37. The van der Waals surface area contributed by atoms with Crippen molar-refractivity contribution in [1.29, 1.82) is 0 Å². The zero-order valence-electron chi connectivity index (χ0n) is 32.9. The number of aliphatic hydroxyl groups is 1. The van der Waals surface area contributed by atoms with Crippen molar-refractivity contribution in [3.05, 3.63) is 42.0 Å². The topological polar surface area (TPSA) is 218 Å². The Morgan fingerprint density at radius 2 is 1.41 bits per heavy atom. The number of benzene rings is 1. The number of carboxylic acid groups (broad SMARTS) is 1. The average molecular weight is 788 g/mol. The molecule has 15 nitrogen and oxygen atoms in total. The minimum Gasteiger partial charge on any atom is -0.481 e. The first-order chi connectivity index (χ1) is 26.8. The van der Waals surface area contributed by atoms with E-state index in [2.05, 4.69) is 33.6 Å². The molecule has 0 unspecified atom stereocenters. The van der Waals surface area contributed by atoms with E-state index in [-0.39, 0.29) is 18.8 Å². The molecule has 0 saturated carbocycles. The van der Waals surface area contributed by atoms with Crippen LogP contribution in [0.2, 0.25) is 0 Å². The number of esters is 4. The van der Waals surface area contributed by atoms with Gasteiger partial charge in [0, 0.05) is 19.3 Å². The number of hydrogen-bond donors (Lipinski definition) is 3. The Hall–Kier alpha value is -5.23. The molecule has 1 aromatic carbocycles. The fraction of sp³-hybridized carbons (Fsp3) is 0.585. The number of hydrogen-bond acceptors (Lipinski definition) is 13. The molecule has 3 atom stereocenters. The lowest BCUT2D eigenvalue weighted by Crippen LogP contribution is -2.55. The van der Waals surface area contributed by atoms with Crippen molar-refractivity contribution >= 4 is 41.5 Å². The van der Waals surface area contributed by atoms with Gasteiger partial charge in [-0.25, -0.2) is 19.2 Å². The molecule has 0 aliphatic rings. The molecular formula is C41H57NO14. The molecule has 15 heteroatoms. The second kappa shape index (κ2) is 28.2. The highest BCUT2D eigenvalue weighted by molar-refractivity contribution is 5.95. The standard InChI is InChI=1S/C41H57NO14/c1-5-7-9-12-15-18-31(43)19-16-13-10-11-14-17-20-33(41(51,40(49)50)27-35(44)55-28-36(45)52-3)38(47)42-34(39(48)56-29-37(46)53-4)26-30-21-23-32(24-22-30)54-25-8-6-2/h17,20-24,33-34,51H,5,7,9-16,18-19,25-29H2,1-4H3,(H,42,47)(H,49,50)/b20-17+/t33-,34+,41+/m1/s1. The molecule has 0 aromatic heterocycles. The highest BCUT2D eigenvalue weighted by Gasteiger charge is 2.49. The van der Waals surface area contributed by atoms with Crippen LogP contribution in [0.25, 0.3) is 0 Å². The van der Waals surface area contributed by atoms with Gasteiger partial charge in [-0.1, -0.05) is 75.7 Å². The summed E-state index contributed by atoms with van der Waals surface area (Å²) in [7, 11) is 2.13. The van der Waals surface area contributed by atoms with E-state index in [9.17, 15) is 43.8 Å². The third-order valence-electron chi connectivity index (χ3n) is 8.64. The normalized spacial score (nSPS) is 12.9. The van der Waals surface area contributed by atoms with E-state index < -0.39 is 72.9 Å². The molecule has 0 bridgehead atoms. The maximum Gasteiger partial charge on any atom is 0.344 e. The molecule has 1 amide bonds. The second-order valence-corrected chi connectivity index (χ2v) is 13.0. The maximum absolute atomic E-state index is 13.9. The van der Waals surface area contributed by atoms with Crippen molar-refractivity contribution in [1.82, 2.24) is 5.32 Å². The Balaban J connectivity index is 3.21. The number of rotatable bonds is 29. The number of amides is 1. The summed E-state index contributed by atoms with van der Waals surface area (Å²) in [5.74, 6) is -3.12. The van der Waals surface area contributed by atoms with E-state index in [4.69, 9.17) is 14.2 Å². The Labute approximate surface area is 328 Å². The zero-order valence-corrected chi connectivity index (χ0v) is 32.9. The first kappa shape index (κ1) is 48.8. The van der Waals surface area contributed by atoms with E-state index in [1.165, 1.54) is 12.5 Å². The van der Waals surface area contributed by atoms with Crippen LogP contribution in [0.5, 0.6) is 5.75 Å². The highest BCUT2D eigenvalue weighted by Crippen LogP contribution is 2.26. The minimum absolute atomic E-state index is 0.145. The number of nitrogens with one attached hydrogen (secondary N) is 1. The number of methoxy groups -OCH3 is 2. The van der Waals surface area contributed by atoms with E-state index in [1.54, 1.807) is 31.2 Å². The lowest BCUT2D eigenvalue weighted by Gasteiger charge is -2.30. The van der Waals surface area contributed by atoms with Gasteiger partial charge in [0.05, 0.1) is 26.6 Å². The molecule has 1 rings (SSSR count). The van der Waals surface area contributed by atoms with E-state index >= 15 is 0 Å². The summed E-state index contributed by atoms with van der Waals surface area (Å²) in [5, 5.41) is 24.0. The monoisotopic (exact) mass is 787 g/mol. The Morgan fingerprint density at radius 1 is 0.821 bits per heavy atom. The summed E-state index contributed by atoms with van der Waals surface area (Å²) in [5.41, 5.74) is -2.61. The first-order valence-electron chi connectivity index (χ1n) is 18.8. The van der Waals surface area contributed by atoms with Gasteiger partial charge in [0.2, 0.25) is 5.91 Å². The molecule has 0 saturated heterocycles. The summed E-state index contributed by atoms with van der Waals surface area (Å²) < 4.78 is 24.3. The van der Waals surface area contributed by atoms with Crippen LogP contribution in [-0.4, -0.2) is 97.4 Å². The molecule has 1 aromatic rings. The van der Waals surface area contributed by atoms with Gasteiger partial charge in [-0.15, -0.1) is 5.92 Å². The van der Waals surface area contributed by atoms with Crippen LogP contribution in [0.4, 0.5) is 0 Å². The number of Topliss-reactive ketones (excluding diaryl/α,β-unsaturated/α-hetero) is 1. The van der Waals surface area contributed by atoms with Crippen molar-refractivity contribution in [3.63, 3.8) is 0 Å². The van der Waals surface area contributed by atoms with Crippen molar-refractivity contribution in [2.24, 2.45) is 5.92 Å². The van der Waals surface area contributed by atoms with E-state index in [1.807, 2.05) is 0 Å². The summed E-state index contributed by atoms with van der Waals surface area (Å²) >= 11 is 0. The van der Waals surface area contributed by atoms with Crippen molar-refractivity contribution < 1.29 is 67.5 Å². The Bertz CT molecular complexity index is 1510. The Morgan fingerprint density at radius 3 is 1.98 bits per heavy atom. The molecule has 0 fully saturated rings. The third-order valence-corrected chi connectivity index (χ3v) is 8.64. The number of carbonyl (C=O) groups is 7. The molecule has 3 N–H and O–H groups in total. The number of carbonyl (C=O) groups excluding carboxylic acids is 6. The van der Waals surface area contributed by atoms with Gasteiger partial charge in [0.25, 0.3) is 0 Å². The third kappa shape index (κ3) is 19.9. The number of ether oxygens (including phenoxy) is 5. The number of unbranched alkanes of at least 4 members (excludes halogenated alkanes) is 8. The molecule has 0 heterocycles. The van der Waals surface area contributed by atoms with Gasteiger partial charge < -0.3 is 39.2 Å². The zero-order chi connectivity index (χ0) is 41.8. The number of carboxylic acids is 1. The van der Waals surface area contributed by atoms with Crippen LogP contribution >= 0.6 is 0 Å². The number of allylic oxidation sites excluding steroid dienone is 1. The van der Waals surface area contributed by atoms with E-state index in [0.29, 0.717) is 37.0 Å². The minimum atomic E-state index is -3.11. The number of aliphatic carboxylic acids is 1. The summed E-state index contributed by atoms with van der Waals surface area (Å²) in [4.78, 5) is 87.7. The van der Waals surface area contributed by atoms with Crippen molar-refractivity contribution in [2.45, 2.75) is 115 Å². The maximum atomic E-state index is 13.9. The first-order valence-corrected chi connectivity index (χ1v) is 18.8. The molecule has 0 radical (unpaired) electrons. The van der Waals surface area contributed by atoms with Gasteiger partial charge in [0.15, 0.2) is 18.8 Å². The van der Waals surface area contributed by atoms with Gasteiger partial charge in [0.1, 0.15) is 24.2 Å². The quantitative estimate of drug-likeness (QED) is 0.0341. The van der Waals surface area contributed by atoms with Gasteiger partial charge in [-0.2, -0.15) is 0 Å². The van der Waals surface area contributed by atoms with Gasteiger partial charge in [-0.05, 0) is 50.3 Å². The van der Waals surface area contributed by atoms with Gasteiger partial charge >= 0.3 is 29.8 Å². The Kier molecular flexibility index (Phi) is 24.6. The fourth-order valence-corrected chi connectivity index (χ4v) is 5.37. The van der Waals surface area contributed by atoms with Crippen LogP contribution < -0.4 is 10.1 Å². The molecule has 0 aliphatic carbocycles. The van der Waals surface area contributed by atoms with Crippen molar-refractivity contribution in [2.75, 3.05) is 34.0 Å². The summed E-state index contributed by atoms with van der Waals surface area (Å²) in [6.45, 7) is 2.30. The smallest absolute Gasteiger partial charge is 0.344 e. The molecule has 0 aliphatic heterocycles. The van der Waals surface area contributed by atoms with Crippen LogP contribution in [-0.2, 0) is 58.9 Å². The molecule has 56 heavy (non-hydrogen) atoms.